The quantitative estimate of drug-likeness (QED) is 0.209. The van der Waals surface area contributed by atoms with Crippen molar-refractivity contribution in [2.75, 3.05) is 6.61 Å². The zero-order chi connectivity index (χ0) is 24.0. The summed E-state index contributed by atoms with van der Waals surface area (Å²) in [5.41, 5.74) is -0.182. The van der Waals surface area contributed by atoms with Crippen molar-refractivity contribution in [1.82, 2.24) is 0 Å². The van der Waals surface area contributed by atoms with Gasteiger partial charge < -0.3 is 9.47 Å². The average Bonchev–Trinajstić information content (AvgIpc) is 2.85. The zero-order valence-electron chi connectivity index (χ0n) is 19.1. The molecule has 4 aromatic carbocycles. The van der Waals surface area contributed by atoms with Gasteiger partial charge >= 0.3 is 5.97 Å². The van der Waals surface area contributed by atoms with Gasteiger partial charge in [0.1, 0.15) is 17.2 Å². The Morgan fingerprint density at radius 2 is 1.24 bits per heavy atom. The van der Waals surface area contributed by atoms with Crippen LogP contribution in [-0.2, 0) is 26.0 Å². The van der Waals surface area contributed by atoms with Crippen LogP contribution in [0.5, 0.6) is 5.75 Å². The first-order chi connectivity index (χ1) is 16.4. The van der Waals surface area contributed by atoms with Crippen molar-refractivity contribution in [2.45, 2.75) is 34.1 Å². The highest BCUT2D eigenvalue weighted by atomic mass is 32.2. The van der Waals surface area contributed by atoms with Crippen molar-refractivity contribution < 1.29 is 18.7 Å². The van der Waals surface area contributed by atoms with Gasteiger partial charge in [-0.25, -0.2) is 9.18 Å². The summed E-state index contributed by atoms with van der Waals surface area (Å²) in [6, 6.07) is 34.5. The summed E-state index contributed by atoms with van der Waals surface area (Å²) in [5.74, 6) is -0.239. The van der Waals surface area contributed by atoms with Crippen molar-refractivity contribution in [2.24, 2.45) is 0 Å². The summed E-state index contributed by atoms with van der Waals surface area (Å²) >= 11 is 0. The topological polar surface area (TPSA) is 35.5 Å². The molecule has 5 heteroatoms. The van der Waals surface area contributed by atoms with Gasteiger partial charge in [-0.1, -0.05) is 48.5 Å². The van der Waals surface area contributed by atoms with E-state index in [4.69, 9.17) is 9.47 Å². The van der Waals surface area contributed by atoms with Crippen LogP contribution in [0.25, 0.3) is 0 Å². The predicted molar refractivity (Wildman–Crippen MR) is 133 cm³/mol. The summed E-state index contributed by atoms with van der Waals surface area (Å²) < 4.78 is 24.5. The van der Waals surface area contributed by atoms with E-state index in [1.807, 2.05) is 36.4 Å². The van der Waals surface area contributed by atoms with Crippen LogP contribution in [0.3, 0.4) is 0 Å². The third-order valence-corrected chi connectivity index (χ3v) is 7.51. The van der Waals surface area contributed by atoms with E-state index >= 15 is 0 Å². The maximum Gasteiger partial charge on any atom is 0.345 e. The monoisotopic (exact) mass is 473 g/mol. The molecule has 0 fully saturated rings. The molecular weight excluding hydrogens is 447 g/mol. The number of rotatable bonds is 8. The first kappa shape index (κ1) is 23.6. The Kier molecular flexibility index (Phi) is 7.33. The molecule has 0 heterocycles. The summed E-state index contributed by atoms with van der Waals surface area (Å²) in [5, 5.41) is 0. The Balaban J connectivity index is 1.43. The highest BCUT2D eigenvalue weighted by Gasteiger charge is 2.28. The Hall–Kier alpha value is -3.57. The lowest BCUT2D eigenvalue weighted by atomic mass is 9.98. The largest absolute Gasteiger partial charge is 0.482 e. The molecule has 0 amide bonds. The van der Waals surface area contributed by atoms with E-state index in [0.717, 1.165) is 4.90 Å². The molecule has 0 saturated carbocycles. The molecule has 0 N–H and O–H groups in total. The van der Waals surface area contributed by atoms with Gasteiger partial charge in [-0.3, -0.25) is 0 Å². The van der Waals surface area contributed by atoms with Gasteiger partial charge in [0.15, 0.2) is 21.3 Å². The van der Waals surface area contributed by atoms with Gasteiger partial charge in [0.05, 0.1) is 10.9 Å². The van der Waals surface area contributed by atoms with Crippen LogP contribution in [0.1, 0.15) is 19.4 Å². The lowest BCUT2D eigenvalue weighted by Crippen LogP contribution is -2.28. The normalized spacial score (nSPS) is 11.3. The number of ether oxygens (including phenoxy) is 2. The molecule has 3 nitrogen and oxygen atoms in total. The number of carbonyl (C=O) groups is 1. The van der Waals surface area contributed by atoms with E-state index in [1.54, 1.807) is 26.0 Å². The van der Waals surface area contributed by atoms with Crippen LogP contribution >= 0.6 is 0 Å². The molecule has 0 aliphatic rings. The fourth-order valence-corrected chi connectivity index (χ4v) is 5.64. The summed E-state index contributed by atoms with van der Waals surface area (Å²) in [6.45, 7) is 3.31. The van der Waals surface area contributed by atoms with Crippen molar-refractivity contribution in [3.05, 3.63) is 121 Å². The maximum absolute atomic E-state index is 13.2. The third-order valence-electron chi connectivity index (χ3n) is 5.28. The molecule has 4 rings (SSSR count). The molecule has 172 valence electrons. The highest BCUT2D eigenvalue weighted by molar-refractivity contribution is 7.97. The fourth-order valence-electron chi connectivity index (χ4n) is 3.56. The Morgan fingerprint density at radius 1 is 0.735 bits per heavy atom. The number of benzene rings is 4. The van der Waals surface area contributed by atoms with Gasteiger partial charge in [0, 0.05) is 0 Å². The zero-order valence-corrected chi connectivity index (χ0v) is 19.9. The number of hydrogen-bond acceptors (Lipinski definition) is 3. The lowest BCUT2D eigenvalue weighted by Gasteiger charge is -2.25. The van der Waals surface area contributed by atoms with Crippen molar-refractivity contribution >= 4 is 16.9 Å². The number of carbonyl (C=O) groups excluding carboxylic acids is 1. The van der Waals surface area contributed by atoms with Crippen LogP contribution in [0, 0.1) is 5.82 Å². The summed E-state index contributed by atoms with van der Waals surface area (Å²) in [6.07, 6.45) is 0. The SMILES string of the molecule is CC(C)(OC(=O)COc1ccc([S+](c2ccccc2)c2ccccc2)cc1)c1ccc(F)cc1. The predicted octanol–water partition coefficient (Wildman–Crippen LogP) is 6.78. The van der Waals surface area contributed by atoms with Gasteiger partial charge in [-0.2, -0.15) is 0 Å². The van der Waals surface area contributed by atoms with E-state index in [-0.39, 0.29) is 23.3 Å². The van der Waals surface area contributed by atoms with Crippen LogP contribution in [-0.4, -0.2) is 12.6 Å². The molecule has 0 aliphatic carbocycles. The fraction of sp³-hybridized carbons (Fsp3) is 0.138. The first-order valence-corrected chi connectivity index (χ1v) is 12.2. The van der Waals surface area contributed by atoms with E-state index in [9.17, 15) is 9.18 Å². The Bertz CT molecular complexity index is 1170. The minimum absolute atomic E-state index is 0.215. The molecule has 0 aliphatic heterocycles. The molecule has 4 aromatic rings. The number of esters is 1. The molecule has 0 unspecified atom stereocenters. The standard InChI is InChI=1S/C29H26FO3S/c1-29(2,22-13-15-23(30)16-14-22)33-28(31)21-32-24-17-19-27(20-18-24)34(25-9-5-3-6-10-25)26-11-7-4-8-12-26/h3-20H,21H2,1-2H3/q+1. The first-order valence-electron chi connectivity index (χ1n) is 11.0. The van der Waals surface area contributed by atoms with Crippen LogP contribution in [0.2, 0.25) is 0 Å². The van der Waals surface area contributed by atoms with Gasteiger partial charge in [0.2, 0.25) is 0 Å². The average molecular weight is 474 g/mol. The minimum Gasteiger partial charge on any atom is -0.482 e. The molecule has 0 bridgehead atoms. The third kappa shape index (κ3) is 5.86. The molecule has 0 atom stereocenters. The van der Waals surface area contributed by atoms with Crippen LogP contribution in [0.4, 0.5) is 4.39 Å². The molecule has 34 heavy (non-hydrogen) atoms. The minimum atomic E-state index is -0.891. The van der Waals surface area contributed by atoms with E-state index in [1.165, 1.54) is 21.9 Å². The molecule has 0 saturated heterocycles. The number of halogens is 1. The Morgan fingerprint density at radius 3 is 1.76 bits per heavy atom. The highest BCUT2D eigenvalue weighted by Crippen LogP contribution is 2.32. The van der Waals surface area contributed by atoms with Crippen LogP contribution < -0.4 is 4.74 Å². The summed E-state index contributed by atoms with van der Waals surface area (Å²) in [4.78, 5) is 16.0. The van der Waals surface area contributed by atoms with E-state index in [0.29, 0.717) is 11.3 Å². The smallest absolute Gasteiger partial charge is 0.345 e. The second-order valence-electron chi connectivity index (χ2n) is 8.18. The van der Waals surface area contributed by atoms with E-state index in [2.05, 4.69) is 48.5 Å². The van der Waals surface area contributed by atoms with Crippen molar-refractivity contribution in [3.8, 4) is 5.75 Å². The van der Waals surface area contributed by atoms with Gasteiger partial charge in [-0.05, 0) is 80.1 Å². The lowest BCUT2D eigenvalue weighted by molar-refractivity contribution is -0.159. The molecule has 0 spiro atoms. The maximum atomic E-state index is 13.2. The second kappa shape index (κ2) is 10.6. The van der Waals surface area contributed by atoms with Crippen LogP contribution in [0.15, 0.2) is 124 Å². The van der Waals surface area contributed by atoms with Gasteiger partial charge in [-0.15, -0.1) is 0 Å². The molecule has 0 aromatic heterocycles. The van der Waals surface area contributed by atoms with Crippen molar-refractivity contribution in [3.63, 3.8) is 0 Å². The van der Waals surface area contributed by atoms with E-state index < -0.39 is 11.6 Å². The van der Waals surface area contributed by atoms with Crippen molar-refractivity contribution in [1.29, 1.82) is 0 Å². The van der Waals surface area contributed by atoms with Gasteiger partial charge in [0.25, 0.3) is 0 Å². The summed E-state index contributed by atoms with van der Waals surface area (Å²) in [7, 11) is -0.246. The second-order valence-corrected chi connectivity index (χ2v) is 10.2. The molecule has 0 radical (unpaired) electrons. The molecular formula is C29H26FO3S+. The number of hydrogen-bond donors (Lipinski definition) is 0. The Labute approximate surface area is 202 Å².